The Morgan fingerprint density at radius 3 is 1.50 bits per heavy atom. The largest absolute Gasteiger partial charge is 1.00 e. The first-order chi connectivity index (χ1) is 11.0. The Hall–Kier alpha value is 0.870. The Balaban J connectivity index is 0. The molecule has 0 rings (SSSR count). The standard InChI is InChI=1S/C18H38O4S.Na/c1-2-15-18(19)16-13-11-9-7-5-3-4-6-8-10-12-14-17-23(20,21)22;/h18-19H,2-17H2,1H3,(H,20,21,22);/q;+1/p-1. The fraction of sp³-hybridized carbons (Fsp3) is 1.00. The van der Waals surface area contributed by atoms with Crippen molar-refractivity contribution in [2.24, 2.45) is 0 Å². The zero-order valence-corrected chi connectivity index (χ0v) is 18.8. The molecule has 24 heavy (non-hydrogen) atoms. The zero-order chi connectivity index (χ0) is 17.4. The SMILES string of the molecule is CCCC(O)CCCCCCCCCCCCCCS(=O)(=O)[O-].[Na+]. The van der Waals surface area contributed by atoms with E-state index in [0.717, 1.165) is 44.9 Å². The average molecular weight is 373 g/mol. The van der Waals surface area contributed by atoms with Crippen LogP contribution in [-0.4, -0.2) is 29.9 Å². The van der Waals surface area contributed by atoms with E-state index in [1.165, 1.54) is 44.9 Å². The molecule has 0 bridgehead atoms. The van der Waals surface area contributed by atoms with Gasteiger partial charge in [0.05, 0.1) is 16.2 Å². The second-order valence-electron chi connectivity index (χ2n) is 6.74. The van der Waals surface area contributed by atoms with Gasteiger partial charge in [-0.3, -0.25) is 0 Å². The van der Waals surface area contributed by atoms with Crippen LogP contribution in [0.4, 0.5) is 0 Å². The molecule has 0 aliphatic heterocycles. The van der Waals surface area contributed by atoms with Gasteiger partial charge in [0.15, 0.2) is 0 Å². The van der Waals surface area contributed by atoms with E-state index >= 15 is 0 Å². The topological polar surface area (TPSA) is 77.4 Å². The van der Waals surface area contributed by atoms with E-state index in [9.17, 15) is 18.1 Å². The van der Waals surface area contributed by atoms with Crippen LogP contribution in [0.15, 0.2) is 0 Å². The molecule has 1 atom stereocenters. The van der Waals surface area contributed by atoms with Gasteiger partial charge in [0, 0.05) is 5.75 Å². The van der Waals surface area contributed by atoms with E-state index in [-0.39, 0.29) is 41.4 Å². The number of aliphatic hydroxyl groups excluding tert-OH is 1. The molecular weight excluding hydrogens is 335 g/mol. The molecule has 0 amide bonds. The van der Waals surface area contributed by atoms with Crippen molar-refractivity contribution < 1.29 is 47.6 Å². The minimum absolute atomic E-state index is 0. The minimum atomic E-state index is -4.01. The first-order valence-electron chi connectivity index (χ1n) is 9.57. The maximum absolute atomic E-state index is 10.4. The van der Waals surface area contributed by atoms with Crippen molar-refractivity contribution in [1.82, 2.24) is 0 Å². The van der Waals surface area contributed by atoms with Crippen molar-refractivity contribution in [3.8, 4) is 0 Å². The summed E-state index contributed by atoms with van der Waals surface area (Å²) in [4.78, 5) is 0. The maximum Gasteiger partial charge on any atom is 1.00 e. The number of hydrogen-bond donors (Lipinski definition) is 1. The molecule has 0 aromatic rings. The summed E-state index contributed by atoms with van der Waals surface area (Å²) in [6.45, 7) is 2.11. The van der Waals surface area contributed by atoms with Gasteiger partial charge in [0.1, 0.15) is 0 Å². The first-order valence-corrected chi connectivity index (χ1v) is 11.1. The van der Waals surface area contributed by atoms with Crippen LogP contribution >= 0.6 is 0 Å². The molecule has 0 heterocycles. The Morgan fingerprint density at radius 2 is 1.12 bits per heavy atom. The van der Waals surface area contributed by atoms with Crippen LogP contribution in [0.25, 0.3) is 0 Å². The molecule has 0 aliphatic rings. The van der Waals surface area contributed by atoms with Gasteiger partial charge >= 0.3 is 29.6 Å². The fourth-order valence-electron chi connectivity index (χ4n) is 2.90. The van der Waals surface area contributed by atoms with Gasteiger partial charge < -0.3 is 9.66 Å². The van der Waals surface area contributed by atoms with E-state index in [1.54, 1.807) is 0 Å². The molecule has 4 nitrogen and oxygen atoms in total. The van der Waals surface area contributed by atoms with Crippen LogP contribution in [0.1, 0.15) is 103 Å². The van der Waals surface area contributed by atoms with Crippen molar-refractivity contribution in [2.45, 2.75) is 109 Å². The normalized spacial score (nSPS) is 12.8. The number of aliphatic hydroxyl groups is 1. The fourth-order valence-corrected chi connectivity index (χ4v) is 3.46. The smallest absolute Gasteiger partial charge is 0.748 e. The van der Waals surface area contributed by atoms with Crippen LogP contribution in [0.2, 0.25) is 0 Å². The summed E-state index contributed by atoms with van der Waals surface area (Å²) in [5.74, 6) is -0.206. The summed E-state index contributed by atoms with van der Waals surface area (Å²) in [5.41, 5.74) is 0. The molecule has 0 aliphatic carbocycles. The zero-order valence-electron chi connectivity index (χ0n) is 16.0. The van der Waals surface area contributed by atoms with Crippen molar-refractivity contribution >= 4 is 10.1 Å². The van der Waals surface area contributed by atoms with Crippen molar-refractivity contribution in [2.75, 3.05) is 5.75 Å². The van der Waals surface area contributed by atoms with Crippen LogP contribution in [0.3, 0.4) is 0 Å². The van der Waals surface area contributed by atoms with Crippen LogP contribution in [0, 0.1) is 0 Å². The van der Waals surface area contributed by atoms with E-state index < -0.39 is 10.1 Å². The molecule has 0 saturated heterocycles. The summed E-state index contributed by atoms with van der Waals surface area (Å²) in [6, 6.07) is 0. The quantitative estimate of drug-likeness (QED) is 0.240. The summed E-state index contributed by atoms with van der Waals surface area (Å²) in [5, 5.41) is 9.62. The summed E-state index contributed by atoms with van der Waals surface area (Å²) >= 11 is 0. The minimum Gasteiger partial charge on any atom is -0.748 e. The molecule has 6 heteroatoms. The average Bonchev–Trinajstić information content (AvgIpc) is 2.46. The maximum atomic E-state index is 10.4. The molecule has 1 N–H and O–H groups in total. The van der Waals surface area contributed by atoms with Crippen LogP contribution in [-0.2, 0) is 10.1 Å². The molecule has 1 unspecified atom stereocenters. The molecule has 0 aromatic carbocycles. The van der Waals surface area contributed by atoms with Gasteiger partial charge in [-0.25, -0.2) is 8.42 Å². The van der Waals surface area contributed by atoms with Crippen LogP contribution in [0.5, 0.6) is 0 Å². The number of unbranched alkanes of at least 4 members (excludes halogenated alkanes) is 11. The van der Waals surface area contributed by atoms with Crippen molar-refractivity contribution in [1.29, 1.82) is 0 Å². The third kappa shape index (κ3) is 22.9. The predicted molar refractivity (Wildman–Crippen MR) is 95.5 cm³/mol. The summed E-state index contributed by atoms with van der Waals surface area (Å²) in [7, 11) is -4.01. The van der Waals surface area contributed by atoms with Gasteiger partial charge in [0.2, 0.25) is 0 Å². The van der Waals surface area contributed by atoms with Crippen LogP contribution < -0.4 is 29.6 Å². The van der Waals surface area contributed by atoms with Crippen molar-refractivity contribution in [3.05, 3.63) is 0 Å². The summed E-state index contributed by atoms with van der Waals surface area (Å²) in [6.07, 6.45) is 16.5. The molecule has 0 fully saturated rings. The molecule has 0 spiro atoms. The van der Waals surface area contributed by atoms with Crippen molar-refractivity contribution in [3.63, 3.8) is 0 Å². The molecular formula is C18H37NaO4S. The van der Waals surface area contributed by atoms with E-state index in [2.05, 4.69) is 6.92 Å². The molecule has 0 aromatic heterocycles. The van der Waals surface area contributed by atoms with E-state index in [0.29, 0.717) is 6.42 Å². The first kappa shape index (κ1) is 27.1. The van der Waals surface area contributed by atoms with Gasteiger partial charge in [-0.05, 0) is 19.3 Å². The van der Waals surface area contributed by atoms with Gasteiger partial charge in [-0.2, -0.15) is 0 Å². The second kappa shape index (κ2) is 18.7. The third-order valence-electron chi connectivity index (χ3n) is 4.30. The van der Waals surface area contributed by atoms with E-state index in [1.807, 2.05) is 0 Å². The van der Waals surface area contributed by atoms with Gasteiger partial charge in [-0.1, -0.05) is 84.0 Å². The second-order valence-corrected chi connectivity index (χ2v) is 8.26. The number of rotatable bonds is 17. The Bertz CT molecular complexity index is 347. The van der Waals surface area contributed by atoms with E-state index in [4.69, 9.17) is 0 Å². The Labute approximate surface area is 172 Å². The Morgan fingerprint density at radius 1 is 0.750 bits per heavy atom. The summed E-state index contributed by atoms with van der Waals surface area (Å²) < 4.78 is 31.3. The van der Waals surface area contributed by atoms with Gasteiger partial charge in [0.25, 0.3) is 0 Å². The number of hydrogen-bond acceptors (Lipinski definition) is 4. The molecule has 0 saturated carbocycles. The molecule has 0 radical (unpaired) electrons. The Kier molecular flexibility index (Phi) is 21.1. The molecule has 140 valence electrons. The predicted octanol–water partition coefficient (Wildman–Crippen LogP) is 1.77. The van der Waals surface area contributed by atoms with Gasteiger partial charge in [-0.15, -0.1) is 0 Å². The third-order valence-corrected chi connectivity index (χ3v) is 5.09. The monoisotopic (exact) mass is 372 g/mol.